The second kappa shape index (κ2) is 9.17. The quantitative estimate of drug-likeness (QED) is 0.587. The Kier molecular flexibility index (Phi) is 7.85. The highest BCUT2D eigenvalue weighted by molar-refractivity contribution is 8.00. The number of aliphatic carboxylic acids is 1. The highest BCUT2D eigenvalue weighted by Crippen LogP contribution is 2.19. The van der Waals surface area contributed by atoms with Gasteiger partial charge in [0.2, 0.25) is 5.91 Å². The molecule has 1 atom stereocenters. The maximum absolute atomic E-state index is 11.6. The van der Waals surface area contributed by atoms with Crippen LogP contribution in [-0.4, -0.2) is 60.8 Å². The van der Waals surface area contributed by atoms with E-state index in [0.717, 1.165) is 25.9 Å². The van der Waals surface area contributed by atoms with Crippen LogP contribution in [-0.2, 0) is 14.3 Å². The smallest absolute Gasteiger partial charge is 0.306 e. The van der Waals surface area contributed by atoms with Gasteiger partial charge >= 0.3 is 5.97 Å². The van der Waals surface area contributed by atoms with Crippen LogP contribution in [0.2, 0.25) is 0 Å². The number of piperidine rings is 1. The van der Waals surface area contributed by atoms with E-state index in [9.17, 15) is 9.59 Å². The Balaban J connectivity index is 2.13. The Morgan fingerprint density at radius 3 is 2.74 bits per heavy atom. The molecule has 0 aromatic rings. The van der Waals surface area contributed by atoms with Gasteiger partial charge in [0.15, 0.2) is 0 Å². The van der Waals surface area contributed by atoms with Gasteiger partial charge in [0.05, 0.1) is 18.3 Å². The fourth-order valence-electron chi connectivity index (χ4n) is 1.87. The van der Waals surface area contributed by atoms with Gasteiger partial charge < -0.3 is 20.5 Å². The van der Waals surface area contributed by atoms with Crippen LogP contribution in [0.1, 0.15) is 19.3 Å². The van der Waals surface area contributed by atoms with E-state index in [1.54, 1.807) is 11.8 Å². The first-order chi connectivity index (χ1) is 9.11. The van der Waals surface area contributed by atoms with Crippen molar-refractivity contribution >= 4 is 23.6 Å². The van der Waals surface area contributed by atoms with Gasteiger partial charge in [-0.25, -0.2) is 0 Å². The van der Waals surface area contributed by atoms with Gasteiger partial charge in [0, 0.05) is 18.9 Å². The Morgan fingerprint density at radius 1 is 1.47 bits per heavy atom. The minimum atomic E-state index is -0.926. The van der Waals surface area contributed by atoms with Gasteiger partial charge in [-0.2, -0.15) is 0 Å². The fourth-order valence-corrected chi connectivity index (χ4v) is 2.93. The summed E-state index contributed by atoms with van der Waals surface area (Å²) in [6, 6.07) is 0. The molecule has 0 spiro atoms. The van der Waals surface area contributed by atoms with Crippen molar-refractivity contribution in [2.24, 2.45) is 0 Å². The molecule has 1 amide bonds. The SMILES string of the molecule is COC(CNC(=O)CSC1CCNCC1)CC(=O)O. The van der Waals surface area contributed by atoms with Crippen molar-refractivity contribution in [3.05, 3.63) is 0 Å². The van der Waals surface area contributed by atoms with E-state index >= 15 is 0 Å². The summed E-state index contributed by atoms with van der Waals surface area (Å²) < 4.78 is 5.00. The zero-order valence-corrected chi connectivity index (χ0v) is 12.0. The summed E-state index contributed by atoms with van der Waals surface area (Å²) in [5, 5.41) is 15.2. The number of carboxylic acids is 1. The van der Waals surface area contributed by atoms with Crippen LogP contribution in [0.4, 0.5) is 0 Å². The fraction of sp³-hybridized carbons (Fsp3) is 0.833. The molecule has 0 aliphatic carbocycles. The molecule has 110 valence electrons. The van der Waals surface area contributed by atoms with Gasteiger partial charge in [0.25, 0.3) is 0 Å². The molecule has 0 bridgehead atoms. The number of ether oxygens (including phenoxy) is 1. The number of thioether (sulfide) groups is 1. The van der Waals surface area contributed by atoms with Crippen molar-refractivity contribution in [1.29, 1.82) is 0 Å². The third-order valence-corrected chi connectivity index (χ3v) is 4.37. The minimum absolute atomic E-state index is 0.0593. The molecule has 0 aromatic heterocycles. The Morgan fingerprint density at radius 2 is 2.16 bits per heavy atom. The third kappa shape index (κ3) is 7.39. The second-order valence-electron chi connectivity index (χ2n) is 4.52. The monoisotopic (exact) mass is 290 g/mol. The first-order valence-electron chi connectivity index (χ1n) is 6.45. The summed E-state index contributed by atoms with van der Waals surface area (Å²) in [4.78, 5) is 22.2. The number of carboxylic acid groups (broad SMARTS) is 1. The number of rotatable bonds is 8. The van der Waals surface area contributed by atoms with E-state index in [2.05, 4.69) is 10.6 Å². The molecule has 19 heavy (non-hydrogen) atoms. The highest BCUT2D eigenvalue weighted by atomic mass is 32.2. The van der Waals surface area contributed by atoms with Crippen LogP contribution in [0.3, 0.4) is 0 Å². The molecule has 1 fully saturated rings. The third-order valence-electron chi connectivity index (χ3n) is 3.00. The number of hydrogen-bond donors (Lipinski definition) is 3. The number of methoxy groups -OCH3 is 1. The standard InChI is InChI=1S/C12H22N2O4S/c1-18-9(6-12(16)17)7-14-11(15)8-19-10-2-4-13-5-3-10/h9-10,13H,2-8H2,1H3,(H,14,15)(H,16,17). The van der Waals surface area contributed by atoms with Crippen LogP contribution in [0.25, 0.3) is 0 Å². The maximum Gasteiger partial charge on any atom is 0.306 e. The molecule has 7 heteroatoms. The van der Waals surface area contributed by atoms with E-state index in [4.69, 9.17) is 9.84 Å². The predicted molar refractivity (Wildman–Crippen MR) is 74.4 cm³/mol. The lowest BCUT2D eigenvalue weighted by Gasteiger charge is -2.22. The second-order valence-corrected chi connectivity index (χ2v) is 5.81. The number of amides is 1. The number of nitrogens with one attached hydrogen (secondary N) is 2. The lowest BCUT2D eigenvalue weighted by Crippen LogP contribution is -2.36. The normalized spacial score (nSPS) is 17.9. The molecule has 3 N–H and O–H groups in total. The number of carbonyl (C=O) groups excluding carboxylic acids is 1. The van der Waals surface area contributed by atoms with Crippen molar-refractivity contribution in [3.63, 3.8) is 0 Å². The van der Waals surface area contributed by atoms with Gasteiger partial charge in [-0.3, -0.25) is 9.59 Å². The van der Waals surface area contributed by atoms with Crippen molar-refractivity contribution in [2.75, 3.05) is 32.5 Å². The summed E-state index contributed by atoms with van der Waals surface area (Å²) in [6.07, 6.45) is 1.62. The van der Waals surface area contributed by atoms with Gasteiger partial charge in [-0.15, -0.1) is 11.8 Å². The zero-order chi connectivity index (χ0) is 14.1. The molecule has 6 nitrogen and oxygen atoms in total. The number of hydrogen-bond acceptors (Lipinski definition) is 5. The first-order valence-corrected chi connectivity index (χ1v) is 7.50. The van der Waals surface area contributed by atoms with Gasteiger partial charge in [0.1, 0.15) is 0 Å². The van der Waals surface area contributed by atoms with Crippen molar-refractivity contribution in [1.82, 2.24) is 10.6 Å². The summed E-state index contributed by atoms with van der Waals surface area (Å²) >= 11 is 1.67. The van der Waals surface area contributed by atoms with E-state index in [0.29, 0.717) is 11.0 Å². The number of carbonyl (C=O) groups is 2. The molecule has 1 aliphatic heterocycles. The molecule has 1 aliphatic rings. The molecule has 0 radical (unpaired) electrons. The van der Waals surface area contributed by atoms with E-state index in [1.807, 2.05) is 0 Å². The lowest BCUT2D eigenvalue weighted by atomic mass is 10.2. The van der Waals surface area contributed by atoms with Crippen molar-refractivity contribution < 1.29 is 19.4 Å². The molecular formula is C12H22N2O4S. The van der Waals surface area contributed by atoms with Gasteiger partial charge in [-0.05, 0) is 25.9 Å². The maximum atomic E-state index is 11.6. The molecule has 0 aromatic carbocycles. The predicted octanol–water partition coefficient (Wildman–Crippen LogP) is 0.0775. The highest BCUT2D eigenvalue weighted by Gasteiger charge is 2.16. The van der Waals surface area contributed by atoms with E-state index in [-0.39, 0.29) is 18.9 Å². The van der Waals surface area contributed by atoms with Gasteiger partial charge in [-0.1, -0.05) is 0 Å². The van der Waals surface area contributed by atoms with E-state index in [1.165, 1.54) is 7.11 Å². The van der Waals surface area contributed by atoms with Crippen LogP contribution in [0.15, 0.2) is 0 Å². The van der Waals surface area contributed by atoms with E-state index < -0.39 is 12.1 Å². The Hall–Kier alpha value is -0.790. The summed E-state index contributed by atoms with van der Waals surface area (Å²) in [5.41, 5.74) is 0. The Bertz CT molecular complexity index is 295. The molecule has 1 rings (SSSR count). The molecule has 0 saturated carbocycles. The van der Waals surface area contributed by atoms with Crippen LogP contribution >= 0.6 is 11.8 Å². The zero-order valence-electron chi connectivity index (χ0n) is 11.2. The van der Waals surface area contributed by atoms with Crippen LogP contribution < -0.4 is 10.6 Å². The largest absolute Gasteiger partial charge is 0.481 e. The van der Waals surface area contributed by atoms with Crippen molar-refractivity contribution in [2.45, 2.75) is 30.6 Å². The first kappa shape index (κ1) is 16.3. The van der Waals surface area contributed by atoms with Crippen LogP contribution in [0.5, 0.6) is 0 Å². The summed E-state index contributed by atoms with van der Waals surface area (Å²) in [6.45, 7) is 2.28. The van der Waals surface area contributed by atoms with Crippen LogP contribution in [0, 0.1) is 0 Å². The molecule has 1 heterocycles. The average Bonchev–Trinajstić information content (AvgIpc) is 2.42. The molecule has 1 unspecified atom stereocenters. The average molecular weight is 290 g/mol. The topological polar surface area (TPSA) is 87.7 Å². The molecule has 1 saturated heterocycles. The van der Waals surface area contributed by atoms with Crippen molar-refractivity contribution in [3.8, 4) is 0 Å². The summed E-state index contributed by atoms with van der Waals surface area (Å²) in [5.74, 6) is -0.560. The molecular weight excluding hydrogens is 268 g/mol. The minimum Gasteiger partial charge on any atom is -0.481 e. The summed E-state index contributed by atoms with van der Waals surface area (Å²) in [7, 11) is 1.45. The lowest BCUT2D eigenvalue weighted by molar-refractivity contribution is -0.140. The Labute approximate surface area is 117 Å².